The van der Waals surface area contributed by atoms with Gasteiger partial charge in [0.25, 0.3) is 5.91 Å². The van der Waals surface area contributed by atoms with Crippen molar-refractivity contribution in [3.63, 3.8) is 0 Å². The van der Waals surface area contributed by atoms with Gasteiger partial charge in [-0.25, -0.2) is 8.78 Å². The number of piperazine rings is 1. The lowest BCUT2D eigenvalue weighted by atomic mass is 10.1. The Morgan fingerprint density at radius 1 is 1.06 bits per heavy atom. The molecular formula is C23H21ClF2N2O2S. The topological polar surface area (TPSA) is 32.8 Å². The number of hydrogen-bond donors (Lipinski definition) is 0. The van der Waals surface area contributed by atoms with E-state index in [0.717, 1.165) is 11.6 Å². The maximum atomic E-state index is 13.9. The molecule has 3 aromatic rings. The Balaban J connectivity index is 1.28. The Hall–Kier alpha value is -2.48. The zero-order valence-corrected chi connectivity index (χ0v) is 18.3. The Morgan fingerprint density at radius 2 is 1.81 bits per heavy atom. The van der Waals surface area contributed by atoms with E-state index >= 15 is 0 Å². The summed E-state index contributed by atoms with van der Waals surface area (Å²) >= 11 is 7.27. The quantitative estimate of drug-likeness (QED) is 0.503. The minimum Gasteiger partial charge on any atom is -0.489 e. The first kappa shape index (κ1) is 21.7. The van der Waals surface area contributed by atoms with E-state index in [0.29, 0.717) is 60.5 Å². The molecule has 4 rings (SSSR count). The summed E-state index contributed by atoms with van der Waals surface area (Å²) in [4.78, 5) is 17.3. The summed E-state index contributed by atoms with van der Waals surface area (Å²) in [7, 11) is 0. The fourth-order valence-electron chi connectivity index (χ4n) is 3.44. The standard InChI is InChI=1S/C23H21ClF2N2O2S/c24-18-4-6-19(7-5-18)30-14-16-12-21(31-15-16)23(29)28-10-8-27(9-11-28)13-17-2-1-3-20(25)22(17)26/h1-7,12,15H,8-11,13-14H2. The first-order valence-electron chi connectivity index (χ1n) is 9.90. The van der Waals surface area contributed by atoms with E-state index < -0.39 is 11.6 Å². The maximum absolute atomic E-state index is 13.9. The van der Waals surface area contributed by atoms with Crippen LogP contribution in [0.4, 0.5) is 8.78 Å². The Labute approximate surface area is 188 Å². The largest absolute Gasteiger partial charge is 0.489 e. The molecule has 2 heterocycles. The maximum Gasteiger partial charge on any atom is 0.264 e. The molecule has 162 valence electrons. The molecule has 0 unspecified atom stereocenters. The minimum atomic E-state index is -0.833. The van der Waals surface area contributed by atoms with Crippen molar-refractivity contribution in [2.24, 2.45) is 0 Å². The van der Waals surface area contributed by atoms with E-state index in [1.54, 1.807) is 35.2 Å². The third-order valence-corrected chi connectivity index (χ3v) is 6.39. The average Bonchev–Trinajstić information content (AvgIpc) is 3.26. The van der Waals surface area contributed by atoms with Crippen molar-refractivity contribution in [3.05, 3.63) is 86.6 Å². The first-order chi connectivity index (χ1) is 15.0. The molecular weight excluding hydrogens is 442 g/mol. The Kier molecular flexibility index (Phi) is 6.85. The Bertz CT molecular complexity index is 1050. The van der Waals surface area contributed by atoms with E-state index in [1.807, 2.05) is 16.3 Å². The van der Waals surface area contributed by atoms with Crippen LogP contribution in [-0.2, 0) is 13.2 Å². The number of hydrogen-bond acceptors (Lipinski definition) is 4. The van der Waals surface area contributed by atoms with Gasteiger partial charge in [-0.3, -0.25) is 9.69 Å². The van der Waals surface area contributed by atoms with E-state index in [4.69, 9.17) is 16.3 Å². The predicted molar refractivity (Wildman–Crippen MR) is 118 cm³/mol. The summed E-state index contributed by atoms with van der Waals surface area (Å²) in [5.41, 5.74) is 1.27. The lowest BCUT2D eigenvalue weighted by molar-refractivity contribution is 0.0631. The summed E-state index contributed by atoms with van der Waals surface area (Å²) < 4.78 is 33.0. The molecule has 8 heteroatoms. The van der Waals surface area contributed by atoms with Crippen molar-refractivity contribution in [2.45, 2.75) is 13.2 Å². The molecule has 1 aliphatic heterocycles. The highest BCUT2D eigenvalue weighted by Gasteiger charge is 2.24. The average molecular weight is 463 g/mol. The minimum absolute atomic E-state index is 0.0145. The molecule has 1 aromatic heterocycles. The van der Waals surface area contributed by atoms with Crippen LogP contribution in [0.3, 0.4) is 0 Å². The number of carbonyl (C=O) groups excluding carboxylic acids is 1. The van der Waals surface area contributed by atoms with Crippen molar-refractivity contribution < 1.29 is 18.3 Å². The zero-order chi connectivity index (χ0) is 21.8. The number of amides is 1. The molecule has 1 aliphatic rings. The summed E-state index contributed by atoms with van der Waals surface area (Å²) in [5, 5.41) is 2.57. The summed E-state index contributed by atoms with van der Waals surface area (Å²) in [6, 6.07) is 13.2. The molecule has 1 saturated heterocycles. The number of nitrogens with zero attached hydrogens (tertiary/aromatic N) is 2. The molecule has 0 atom stereocenters. The van der Waals surface area contributed by atoms with Crippen molar-refractivity contribution in [2.75, 3.05) is 26.2 Å². The van der Waals surface area contributed by atoms with E-state index in [1.165, 1.54) is 17.4 Å². The van der Waals surface area contributed by atoms with Crippen molar-refractivity contribution in [1.82, 2.24) is 9.80 Å². The summed E-state index contributed by atoms with van der Waals surface area (Å²) in [6.45, 7) is 3.02. The smallest absolute Gasteiger partial charge is 0.264 e. The third-order valence-electron chi connectivity index (χ3n) is 5.17. The third kappa shape index (κ3) is 5.42. The van der Waals surface area contributed by atoms with Gasteiger partial charge in [-0.1, -0.05) is 23.7 Å². The SMILES string of the molecule is O=C(c1cc(COc2ccc(Cl)cc2)cs1)N1CCN(Cc2cccc(F)c2F)CC1. The van der Waals surface area contributed by atoms with Crippen LogP contribution in [0.25, 0.3) is 0 Å². The fraction of sp³-hybridized carbons (Fsp3) is 0.261. The molecule has 0 bridgehead atoms. The van der Waals surface area contributed by atoms with Crippen LogP contribution in [0.5, 0.6) is 5.75 Å². The molecule has 31 heavy (non-hydrogen) atoms. The number of ether oxygens (including phenoxy) is 1. The van der Waals surface area contributed by atoms with Crippen LogP contribution in [-0.4, -0.2) is 41.9 Å². The van der Waals surface area contributed by atoms with E-state index in [2.05, 4.69) is 0 Å². The second-order valence-corrected chi connectivity index (χ2v) is 8.69. The van der Waals surface area contributed by atoms with Crippen LogP contribution < -0.4 is 4.74 Å². The van der Waals surface area contributed by atoms with Crippen LogP contribution in [0.2, 0.25) is 5.02 Å². The van der Waals surface area contributed by atoms with E-state index in [-0.39, 0.29) is 5.91 Å². The molecule has 0 aliphatic carbocycles. The van der Waals surface area contributed by atoms with Gasteiger partial charge in [-0.2, -0.15) is 0 Å². The lowest BCUT2D eigenvalue weighted by Crippen LogP contribution is -2.48. The number of rotatable bonds is 6. The lowest BCUT2D eigenvalue weighted by Gasteiger charge is -2.34. The van der Waals surface area contributed by atoms with Crippen molar-refractivity contribution in [3.8, 4) is 5.75 Å². The summed E-state index contributed by atoms with van der Waals surface area (Å²) in [6.07, 6.45) is 0. The predicted octanol–water partition coefficient (Wildman–Crippen LogP) is 5.22. The zero-order valence-electron chi connectivity index (χ0n) is 16.7. The number of thiophene rings is 1. The van der Waals surface area contributed by atoms with Gasteiger partial charge in [0.05, 0.1) is 4.88 Å². The molecule has 4 nitrogen and oxygen atoms in total. The monoisotopic (exact) mass is 462 g/mol. The van der Waals surface area contributed by atoms with Gasteiger partial charge in [0.15, 0.2) is 11.6 Å². The number of benzene rings is 2. The van der Waals surface area contributed by atoms with Crippen LogP contribution >= 0.6 is 22.9 Å². The van der Waals surface area contributed by atoms with Gasteiger partial charge < -0.3 is 9.64 Å². The fourth-order valence-corrected chi connectivity index (χ4v) is 4.43. The highest BCUT2D eigenvalue weighted by Crippen LogP contribution is 2.22. The number of carbonyl (C=O) groups is 1. The van der Waals surface area contributed by atoms with Gasteiger partial charge in [-0.15, -0.1) is 11.3 Å². The molecule has 0 saturated carbocycles. The second-order valence-electron chi connectivity index (χ2n) is 7.34. The number of halogens is 3. The summed E-state index contributed by atoms with van der Waals surface area (Å²) in [5.74, 6) is -0.929. The van der Waals surface area contributed by atoms with Crippen molar-refractivity contribution in [1.29, 1.82) is 0 Å². The van der Waals surface area contributed by atoms with Crippen molar-refractivity contribution >= 4 is 28.8 Å². The normalized spacial score (nSPS) is 14.6. The highest BCUT2D eigenvalue weighted by atomic mass is 35.5. The van der Waals surface area contributed by atoms with Gasteiger partial charge in [0, 0.05) is 48.9 Å². The van der Waals surface area contributed by atoms with Gasteiger partial charge in [0.2, 0.25) is 0 Å². The van der Waals surface area contributed by atoms with Crippen LogP contribution in [0, 0.1) is 11.6 Å². The van der Waals surface area contributed by atoms with Gasteiger partial charge in [-0.05, 0) is 41.8 Å². The van der Waals surface area contributed by atoms with Crippen LogP contribution in [0.1, 0.15) is 20.8 Å². The second kappa shape index (κ2) is 9.77. The van der Waals surface area contributed by atoms with Gasteiger partial charge >= 0.3 is 0 Å². The first-order valence-corrected chi connectivity index (χ1v) is 11.2. The molecule has 0 radical (unpaired) electrons. The molecule has 1 amide bonds. The molecule has 2 aromatic carbocycles. The van der Waals surface area contributed by atoms with E-state index in [9.17, 15) is 13.6 Å². The Morgan fingerprint density at radius 3 is 2.55 bits per heavy atom. The molecule has 0 spiro atoms. The van der Waals surface area contributed by atoms with Gasteiger partial charge in [0.1, 0.15) is 12.4 Å². The van der Waals surface area contributed by atoms with Crippen LogP contribution in [0.15, 0.2) is 53.9 Å². The molecule has 0 N–H and O–H groups in total. The highest BCUT2D eigenvalue weighted by molar-refractivity contribution is 7.12. The molecule has 1 fully saturated rings.